The SMILES string of the molecule is COc1ccc(CN2CCN(CCO)CC2)c(OC)c1OC.COc1ccc(CN2CCN(CCO)CC2)c(OC)c1OC.COc1ccc(CN2CCN(CCOC(=O)c3cccnc3)CC2)c(OC)c1OC.O=C(O)c1cccnc1. The molecule has 8 rings (SSSR count). The molecule has 3 aliphatic rings. The highest BCUT2D eigenvalue weighted by atomic mass is 16.5. The summed E-state index contributed by atoms with van der Waals surface area (Å²) < 4.78 is 54.3. The Balaban J connectivity index is 0.000000215. The number of aromatic carboxylic acids is 1. The van der Waals surface area contributed by atoms with Gasteiger partial charge in [0.15, 0.2) is 34.5 Å². The Morgan fingerprint density at radius 2 is 0.723 bits per heavy atom. The molecule has 3 fully saturated rings. The molecule has 0 saturated carbocycles. The van der Waals surface area contributed by atoms with Crippen LogP contribution < -0.4 is 42.6 Å². The van der Waals surface area contributed by atoms with E-state index in [-0.39, 0.29) is 24.7 Å². The molecule has 0 aliphatic carbocycles. The van der Waals surface area contributed by atoms with Crippen molar-refractivity contribution in [3.05, 3.63) is 113 Å². The highest BCUT2D eigenvalue weighted by Gasteiger charge is 2.25. The van der Waals surface area contributed by atoms with Gasteiger partial charge in [-0.05, 0) is 42.5 Å². The summed E-state index contributed by atoms with van der Waals surface area (Å²) in [5.41, 5.74) is 3.95. The minimum Gasteiger partial charge on any atom is -0.493 e. The predicted molar refractivity (Wildman–Crippen MR) is 313 cm³/mol. The smallest absolute Gasteiger partial charge is 0.339 e. The number of carboxylic acid groups (broad SMARTS) is 1. The van der Waals surface area contributed by atoms with Gasteiger partial charge in [-0.1, -0.05) is 18.2 Å². The van der Waals surface area contributed by atoms with Crippen LogP contribution in [-0.4, -0.2) is 249 Å². The van der Waals surface area contributed by atoms with Gasteiger partial charge in [0.2, 0.25) is 17.2 Å². The number of pyridine rings is 2. The molecule has 0 spiro atoms. The van der Waals surface area contributed by atoms with Crippen molar-refractivity contribution in [2.75, 3.05) is 182 Å². The molecule has 2 aromatic heterocycles. The van der Waals surface area contributed by atoms with Crippen molar-refractivity contribution in [2.24, 2.45) is 0 Å². The molecule has 5 aromatic rings. The van der Waals surface area contributed by atoms with Crippen LogP contribution in [0.2, 0.25) is 0 Å². The molecule has 0 amide bonds. The highest BCUT2D eigenvalue weighted by molar-refractivity contribution is 5.89. The molecular formula is C60H86N8O15. The number of ether oxygens (including phenoxy) is 10. The van der Waals surface area contributed by atoms with E-state index in [0.717, 1.165) is 146 Å². The average Bonchev–Trinajstić information content (AvgIpc) is 3.71. The summed E-state index contributed by atoms with van der Waals surface area (Å²) in [6.45, 7) is 17.0. The van der Waals surface area contributed by atoms with Crippen molar-refractivity contribution in [2.45, 2.75) is 19.6 Å². The van der Waals surface area contributed by atoms with Crippen LogP contribution in [0.3, 0.4) is 0 Å². The van der Waals surface area contributed by atoms with E-state index in [1.165, 1.54) is 24.7 Å². The molecule has 0 radical (unpaired) electrons. The monoisotopic (exact) mass is 1160 g/mol. The second-order valence-corrected chi connectivity index (χ2v) is 19.2. The maximum Gasteiger partial charge on any atom is 0.339 e. The third-order valence-electron chi connectivity index (χ3n) is 14.2. The highest BCUT2D eigenvalue weighted by Crippen LogP contribution is 2.42. The number of β-amino-alcohol motifs (C(OH)–C–C–N with tert-alkyl or cyclic N) is 2. The van der Waals surface area contributed by atoms with E-state index in [1.807, 2.05) is 36.4 Å². The van der Waals surface area contributed by atoms with Gasteiger partial charge >= 0.3 is 11.9 Å². The van der Waals surface area contributed by atoms with Gasteiger partial charge in [0.05, 0.1) is 88.3 Å². The first kappa shape index (κ1) is 66.6. The molecule has 456 valence electrons. The van der Waals surface area contributed by atoms with Gasteiger partial charge < -0.3 is 62.7 Å². The Bertz CT molecular complexity index is 2580. The van der Waals surface area contributed by atoms with Crippen LogP contribution in [0.25, 0.3) is 0 Å². The molecule has 3 aromatic carbocycles. The van der Waals surface area contributed by atoms with E-state index in [9.17, 15) is 9.59 Å². The maximum atomic E-state index is 12.0. The summed E-state index contributed by atoms with van der Waals surface area (Å²) in [7, 11) is 14.7. The number of esters is 1. The number of hydrogen-bond donors (Lipinski definition) is 3. The molecule has 0 atom stereocenters. The van der Waals surface area contributed by atoms with E-state index in [0.29, 0.717) is 52.4 Å². The van der Waals surface area contributed by atoms with Crippen molar-refractivity contribution in [1.82, 2.24) is 39.4 Å². The number of aliphatic hydroxyl groups is 2. The molecule has 23 heteroatoms. The van der Waals surface area contributed by atoms with Gasteiger partial charge in [0, 0.05) is 159 Å². The topological polar surface area (TPSA) is 232 Å². The number of carbonyl (C=O) groups is 2. The van der Waals surface area contributed by atoms with Crippen molar-refractivity contribution < 1.29 is 72.3 Å². The summed E-state index contributed by atoms with van der Waals surface area (Å²) in [6, 6.07) is 18.3. The van der Waals surface area contributed by atoms with Gasteiger partial charge in [0.1, 0.15) is 6.61 Å². The fraction of sp³-hybridized carbons (Fsp3) is 0.500. The number of hydrogen-bond acceptors (Lipinski definition) is 22. The van der Waals surface area contributed by atoms with Gasteiger partial charge in [-0.3, -0.25) is 39.4 Å². The second kappa shape index (κ2) is 36.4. The number of aliphatic hydroxyl groups excluding tert-OH is 2. The van der Waals surface area contributed by atoms with Crippen LogP contribution in [0.1, 0.15) is 37.4 Å². The zero-order valence-corrected chi connectivity index (χ0v) is 49.8. The van der Waals surface area contributed by atoms with E-state index in [4.69, 9.17) is 62.7 Å². The van der Waals surface area contributed by atoms with Crippen LogP contribution in [0.15, 0.2) is 85.5 Å². The quantitative estimate of drug-likeness (QED) is 0.0722. The van der Waals surface area contributed by atoms with E-state index in [1.54, 1.807) is 88.4 Å². The van der Waals surface area contributed by atoms with Crippen LogP contribution in [0.5, 0.6) is 51.7 Å². The molecule has 5 heterocycles. The van der Waals surface area contributed by atoms with Crippen LogP contribution in [-0.2, 0) is 24.4 Å². The van der Waals surface area contributed by atoms with Gasteiger partial charge in [-0.25, -0.2) is 9.59 Å². The average molecular weight is 1160 g/mol. The molecule has 23 nitrogen and oxygen atoms in total. The third kappa shape index (κ3) is 20.3. The summed E-state index contributed by atoms with van der Waals surface area (Å²) in [4.78, 5) is 43.7. The normalized spacial score (nSPS) is 15.1. The zero-order chi connectivity index (χ0) is 59.9. The molecule has 0 bridgehead atoms. The van der Waals surface area contributed by atoms with Gasteiger partial charge in [-0.15, -0.1) is 0 Å². The molecule has 83 heavy (non-hydrogen) atoms. The molecule has 3 N–H and O–H groups in total. The van der Waals surface area contributed by atoms with Crippen LogP contribution >= 0.6 is 0 Å². The Morgan fingerprint density at radius 1 is 0.410 bits per heavy atom. The molecule has 3 saturated heterocycles. The second-order valence-electron chi connectivity index (χ2n) is 19.2. The summed E-state index contributed by atoms with van der Waals surface area (Å²) in [6.07, 6.45) is 5.99. The Hall–Kier alpha value is -7.22. The standard InChI is InChI=1S/C22H29N3O5.2C16H26N2O4.C6H5NO2/c1-27-19-7-6-18(20(28-2)21(19)29-3)16-25-11-9-24(10-12-25)13-14-30-22(26)17-5-4-8-23-15-17;2*1-20-14-5-4-13(15(21-2)16(14)22-3)12-18-8-6-17(7-9-18)10-11-19;8-6(9)5-2-1-3-7-4-5/h4-8,15H,9-14,16H2,1-3H3;2*4-5,19H,6-12H2,1-3H3;1-4H,(H,8,9). The first-order valence-electron chi connectivity index (χ1n) is 27.5. The largest absolute Gasteiger partial charge is 0.493 e. The fourth-order valence-electron chi connectivity index (χ4n) is 9.71. The van der Waals surface area contributed by atoms with Gasteiger partial charge in [0.25, 0.3) is 0 Å². The van der Waals surface area contributed by atoms with Crippen molar-refractivity contribution in [1.29, 1.82) is 0 Å². The minimum absolute atomic E-state index is 0.220. The summed E-state index contributed by atoms with van der Waals surface area (Å²) >= 11 is 0. The number of carboxylic acids is 1. The summed E-state index contributed by atoms with van der Waals surface area (Å²) in [5.74, 6) is 4.82. The Kier molecular flexibility index (Phi) is 29.2. The third-order valence-corrected chi connectivity index (χ3v) is 14.2. The van der Waals surface area contributed by atoms with E-state index >= 15 is 0 Å². The number of benzene rings is 3. The van der Waals surface area contributed by atoms with Crippen molar-refractivity contribution in [3.8, 4) is 51.7 Å². The Morgan fingerprint density at radius 3 is 0.988 bits per heavy atom. The number of aromatic nitrogens is 2. The molecular weight excluding hydrogens is 1070 g/mol. The van der Waals surface area contributed by atoms with Crippen LogP contribution in [0, 0.1) is 0 Å². The number of nitrogens with zero attached hydrogens (tertiary/aromatic N) is 8. The lowest BCUT2D eigenvalue weighted by atomic mass is 10.1. The van der Waals surface area contributed by atoms with E-state index in [2.05, 4.69) is 39.4 Å². The first-order valence-corrected chi connectivity index (χ1v) is 27.5. The minimum atomic E-state index is -0.942. The number of carbonyl (C=O) groups excluding carboxylic acids is 1. The number of rotatable bonds is 24. The first-order chi connectivity index (χ1) is 40.4. The predicted octanol–water partition coefficient (Wildman–Crippen LogP) is 4.51. The fourth-order valence-corrected chi connectivity index (χ4v) is 9.71. The zero-order valence-electron chi connectivity index (χ0n) is 49.8. The van der Waals surface area contributed by atoms with Crippen LogP contribution in [0.4, 0.5) is 0 Å². The van der Waals surface area contributed by atoms with E-state index < -0.39 is 5.97 Å². The maximum absolute atomic E-state index is 12.0. The Labute approximate surface area is 488 Å². The molecule has 3 aliphatic heterocycles. The van der Waals surface area contributed by atoms with Gasteiger partial charge in [-0.2, -0.15) is 0 Å². The van der Waals surface area contributed by atoms with Crippen molar-refractivity contribution >= 4 is 11.9 Å². The lowest BCUT2D eigenvalue weighted by molar-refractivity contribution is 0.0418. The summed E-state index contributed by atoms with van der Waals surface area (Å²) in [5, 5.41) is 26.3. The number of methoxy groups -OCH3 is 9. The number of piperazine rings is 3. The lowest BCUT2D eigenvalue weighted by Crippen LogP contribution is -2.46. The lowest BCUT2D eigenvalue weighted by Gasteiger charge is -2.34. The van der Waals surface area contributed by atoms with Crippen molar-refractivity contribution in [3.63, 3.8) is 0 Å². The molecule has 0 unspecified atom stereocenters.